The monoisotopic (exact) mass is 444 g/mol. The second-order valence-electron chi connectivity index (χ2n) is 6.62. The van der Waals surface area contributed by atoms with Crippen molar-refractivity contribution in [1.82, 2.24) is 19.9 Å². The fraction of sp³-hybridized carbons (Fsp3) is 0.143. The summed E-state index contributed by atoms with van der Waals surface area (Å²) in [7, 11) is 0. The van der Waals surface area contributed by atoms with Crippen molar-refractivity contribution < 1.29 is 32.5 Å². The zero-order chi connectivity index (χ0) is 22.7. The normalized spacial score (nSPS) is 15.0. The van der Waals surface area contributed by atoms with Gasteiger partial charge in [0.1, 0.15) is 6.61 Å². The van der Waals surface area contributed by atoms with Gasteiger partial charge >= 0.3 is 12.1 Å². The summed E-state index contributed by atoms with van der Waals surface area (Å²) in [6.45, 7) is 0.411. The van der Waals surface area contributed by atoms with Crippen LogP contribution in [0.4, 0.5) is 13.2 Å². The molecule has 0 bridgehead atoms. The maximum Gasteiger partial charge on any atom is 0.490 e. The molecule has 0 saturated carbocycles. The van der Waals surface area contributed by atoms with E-state index >= 15 is 0 Å². The van der Waals surface area contributed by atoms with E-state index in [1.165, 1.54) is 0 Å². The first-order chi connectivity index (χ1) is 15.3. The van der Waals surface area contributed by atoms with Crippen LogP contribution in [0.2, 0.25) is 0 Å². The summed E-state index contributed by atoms with van der Waals surface area (Å²) < 4.78 is 43.5. The molecule has 1 aromatic carbocycles. The molecule has 11 heteroatoms. The third kappa shape index (κ3) is 4.61. The first-order valence-electron chi connectivity index (χ1n) is 9.26. The lowest BCUT2D eigenvalue weighted by Gasteiger charge is -2.24. The number of imidazole rings is 1. The number of aromatic amines is 1. The van der Waals surface area contributed by atoms with E-state index in [2.05, 4.69) is 19.9 Å². The standard InChI is InChI=1S/C19H14N4O2.C2HF3O2/c1-2-4-16-15(3-1)24-11-17(25-16)19-22-14-9-13(10-21-18(14)23-19)12-5-7-20-8-6-12;3-2(4,5)1(6)7/h1-10,17H,11H2,(H,21,22,23);(H,6,7)/t17-;/m0./s1. The Morgan fingerprint density at radius 1 is 1.09 bits per heavy atom. The van der Waals surface area contributed by atoms with Gasteiger partial charge in [-0.3, -0.25) is 4.98 Å². The predicted molar refractivity (Wildman–Crippen MR) is 106 cm³/mol. The third-order valence-electron chi connectivity index (χ3n) is 4.43. The van der Waals surface area contributed by atoms with Gasteiger partial charge in [0.25, 0.3) is 0 Å². The summed E-state index contributed by atoms with van der Waals surface area (Å²) in [6.07, 6.45) is -0.0190. The quantitative estimate of drug-likeness (QED) is 0.478. The molecule has 0 radical (unpaired) electrons. The molecule has 0 amide bonds. The van der Waals surface area contributed by atoms with Crippen molar-refractivity contribution in [3.8, 4) is 22.6 Å². The van der Waals surface area contributed by atoms with Gasteiger partial charge in [-0.2, -0.15) is 13.2 Å². The molecule has 0 aliphatic carbocycles. The van der Waals surface area contributed by atoms with Crippen LogP contribution in [0.3, 0.4) is 0 Å². The van der Waals surface area contributed by atoms with Gasteiger partial charge in [0.2, 0.25) is 0 Å². The van der Waals surface area contributed by atoms with Gasteiger partial charge in [0.15, 0.2) is 29.1 Å². The van der Waals surface area contributed by atoms with Gasteiger partial charge in [-0.15, -0.1) is 0 Å². The molecule has 5 rings (SSSR count). The molecular formula is C21H15F3N4O4. The number of halogens is 3. The van der Waals surface area contributed by atoms with Gasteiger partial charge in [-0.05, 0) is 35.9 Å². The van der Waals surface area contributed by atoms with Gasteiger partial charge < -0.3 is 19.6 Å². The zero-order valence-electron chi connectivity index (χ0n) is 16.2. The van der Waals surface area contributed by atoms with Crippen LogP contribution in [-0.4, -0.2) is 43.8 Å². The number of carboxylic acids is 1. The van der Waals surface area contributed by atoms with Crippen molar-refractivity contribution in [2.45, 2.75) is 12.3 Å². The number of ether oxygens (including phenoxy) is 2. The molecule has 0 unspecified atom stereocenters. The molecule has 2 N–H and O–H groups in total. The van der Waals surface area contributed by atoms with E-state index in [1.54, 1.807) is 12.4 Å². The minimum atomic E-state index is -5.08. The van der Waals surface area contributed by atoms with Crippen molar-refractivity contribution in [1.29, 1.82) is 0 Å². The Morgan fingerprint density at radius 2 is 1.78 bits per heavy atom. The van der Waals surface area contributed by atoms with Crippen LogP contribution in [0.1, 0.15) is 11.9 Å². The molecular weight excluding hydrogens is 429 g/mol. The molecule has 8 nitrogen and oxygen atoms in total. The summed E-state index contributed by atoms with van der Waals surface area (Å²) in [6, 6.07) is 13.6. The highest BCUT2D eigenvalue weighted by molar-refractivity contribution is 5.78. The topological polar surface area (TPSA) is 110 Å². The number of H-pyrrole nitrogens is 1. The van der Waals surface area contributed by atoms with Gasteiger partial charge in [-0.25, -0.2) is 14.8 Å². The second kappa shape index (κ2) is 8.53. The second-order valence-corrected chi connectivity index (χ2v) is 6.62. The van der Waals surface area contributed by atoms with E-state index in [0.29, 0.717) is 18.1 Å². The van der Waals surface area contributed by atoms with Crippen LogP contribution in [0.15, 0.2) is 61.1 Å². The van der Waals surface area contributed by atoms with Crippen LogP contribution in [0.25, 0.3) is 22.3 Å². The number of para-hydroxylation sites is 2. The number of nitrogens with zero attached hydrogens (tertiary/aromatic N) is 3. The molecule has 0 saturated heterocycles. The number of rotatable bonds is 2. The van der Waals surface area contributed by atoms with Crippen LogP contribution in [0, 0.1) is 0 Å². The van der Waals surface area contributed by atoms with Crippen LogP contribution in [0.5, 0.6) is 11.5 Å². The van der Waals surface area contributed by atoms with Crippen molar-refractivity contribution in [3.63, 3.8) is 0 Å². The van der Waals surface area contributed by atoms with Gasteiger partial charge in [0, 0.05) is 24.2 Å². The van der Waals surface area contributed by atoms with Crippen molar-refractivity contribution in [3.05, 3.63) is 66.9 Å². The molecule has 4 aromatic rings. The molecule has 0 spiro atoms. The Labute approximate surface area is 178 Å². The number of benzene rings is 1. The van der Waals surface area contributed by atoms with E-state index in [1.807, 2.05) is 48.7 Å². The number of fused-ring (bicyclic) bond motifs is 2. The Balaban J connectivity index is 0.000000307. The molecule has 1 aliphatic heterocycles. The van der Waals surface area contributed by atoms with E-state index in [4.69, 9.17) is 19.4 Å². The Kier molecular flexibility index (Phi) is 5.63. The summed E-state index contributed by atoms with van der Waals surface area (Å²) in [5.41, 5.74) is 3.60. The molecule has 1 atom stereocenters. The number of hydrogen-bond acceptors (Lipinski definition) is 6. The van der Waals surface area contributed by atoms with Gasteiger partial charge in [0.05, 0.1) is 5.52 Å². The highest BCUT2D eigenvalue weighted by Gasteiger charge is 2.38. The van der Waals surface area contributed by atoms with Crippen LogP contribution < -0.4 is 9.47 Å². The van der Waals surface area contributed by atoms with Crippen LogP contribution in [-0.2, 0) is 4.79 Å². The van der Waals surface area contributed by atoms with Gasteiger partial charge in [-0.1, -0.05) is 12.1 Å². The average molecular weight is 444 g/mol. The molecule has 1 aliphatic rings. The molecule has 32 heavy (non-hydrogen) atoms. The lowest BCUT2D eigenvalue weighted by atomic mass is 10.1. The Morgan fingerprint density at radius 3 is 2.47 bits per heavy atom. The SMILES string of the molecule is O=C(O)C(F)(F)F.c1ccc2c(c1)OC[C@@H](c1nc3ncc(-c4ccncc4)cc3[nH]1)O2. The first kappa shape index (κ1) is 21.1. The van der Waals surface area contributed by atoms with E-state index < -0.39 is 12.1 Å². The van der Waals surface area contributed by atoms with Crippen LogP contribution >= 0.6 is 0 Å². The molecule has 4 heterocycles. The number of nitrogens with one attached hydrogen (secondary N) is 1. The van der Waals surface area contributed by atoms with E-state index in [-0.39, 0.29) is 6.10 Å². The summed E-state index contributed by atoms with van der Waals surface area (Å²) in [4.78, 5) is 25.3. The maximum atomic E-state index is 10.6. The number of hydrogen-bond donors (Lipinski definition) is 2. The smallest absolute Gasteiger partial charge is 0.485 e. The largest absolute Gasteiger partial charge is 0.490 e. The number of aromatic nitrogens is 4. The summed E-state index contributed by atoms with van der Waals surface area (Å²) in [5.74, 6) is -0.561. The highest BCUT2D eigenvalue weighted by Crippen LogP contribution is 2.35. The Hall–Kier alpha value is -4.15. The van der Waals surface area contributed by atoms with E-state index in [0.717, 1.165) is 28.1 Å². The highest BCUT2D eigenvalue weighted by atomic mass is 19.4. The van der Waals surface area contributed by atoms with Crippen molar-refractivity contribution in [2.75, 3.05) is 6.61 Å². The molecule has 0 fully saturated rings. The lowest BCUT2D eigenvalue weighted by Crippen LogP contribution is -2.22. The number of pyridine rings is 2. The summed E-state index contributed by atoms with van der Waals surface area (Å²) in [5, 5.41) is 7.12. The predicted octanol–water partition coefficient (Wildman–Crippen LogP) is 4.17. The number of alkyl halides is 3. The van der Waals surface area contributed by atoms with Crippen molar-refractivity contribution in [2.24, 2.45) is 0 Å². The van der Waals surface area contributed by atoms with Crippen molar-refractivity contribution >= 4 is 17.1 Å². The number of carbonyl (C=O) groups is 1. The first-order valence-corrected chi connectivity index (χ1v) is 9.26. The minimum Gasteiger partial charge on any atom is -0.485 e. The number of carboxylic acid groups (broad SMARTS) is 1. The zero-order valence-corrected chi connectivity index (χ0v) is 16.2. The van der Waals surface area contributed by atoms with E-state index in [9.17, 15) is 13.2 Å². The third-order valence-corrected chi connectivity index (χ3v) is 4.43. The Bertz CT molecular complexity index is 1240. The minimum absolute atomic E-state index is 0.284. The maximum absolute atomic E-state index is 10.6. The number of aliphatic carboxylic acids is 1. The lowest BCUT2D eigenvalue weighted by molar-refractivity contribution is -0.192. The summed E-state index contributed by atoms with van der Waals surface area (Å²) >= 11 is 0. The average Bonchev–Trinajstić information content (AvgIpc) is 3.22. The molecule has 164 valence electrons. The fourth-order valence-corrected chi connectivity index (χ4v) is 2.93. The fourth-order valence-electron chi connectivity index (χ4n) is 2.93. The molecule has 3 aromatic heterocycles.